The van der Waals surface area contributed by atoms with E-state index >= 15 is 0 Å². The fourth-order valence-electron chi connectivity index (χ4n) is 1.39. The van der Waals surface area contributed by atoms with Crippen LogP contribution in [-0.2, 0) is 6.42 Å². The minimum atomic E-state index is -0.289. The van der Waals surface area contributed by atoms with Crippen molar-refractivity contribution in [1.82, 2.24) is 10.1 Å². The van der Waals surface area contributed by atoms with Gasteiger partial charge in [-0.1, -0.05) is 12.1 Å². The Hall–Kier alpha value is -2.37. The molecule has 0 bridgehead atoms. The van der Waals surface area contributed by atoms with Gasteiger partial charge in [-0.25, -0.2) is 4.98 Å². The first kappa shape index (κ1) is 11.1. The molecule has 88 valence electrons. The average Bonchev–Trinajstić information content (AvgIpc) is 2.81. The topological polar surface area (TPSA) is 94.0 Å². The molecule has 6 nitrogen and oxygen atoms in total. The standard InChI is InChI=1S/C11H12N4O2/c1-2-8-5-7(6-9(12)13-8)11(16)14-10-3-4-17-15-10/h3-6H,2H2,1H3,(H2,12,13)(H,14,15,16). The Balaban J connectivity index is 2.21. The van der Waals surface area contributed by atoms with E-state index in [-0.39, 0.29) is 5.91 Å². The average molecular weight is 232 g/mol. The van der Waals surface area contributed by atoms with Crippen LogP contribution in [0.1, 0.15) is 23.0 Å². The van der Waals surface area contributed by atoms with Gasteiger partial charge in [-0.2, -0.15) is 0 Å². The molecule has 3 N–H and O–H groups in total. The number of aryl methyl sites for hydroxylation is 1. The van der Waals surface area contributed by atoms with E-state index in [1.807, 2.05) is 6.92 Å². The van der Waals surface area contributed by atoms with Crippen molar-refractivity contribution in [2.24, 2.45) is 0 Å². The van der Waals surface area contributed by atoms with E-state index in [2.05, 4.69) is 20.0 Å². The van der Waals surface area contributed by atoms with Gasteiger partial charge >= 0.3 is 0 Å². The van der Waals surface area contributed by atoms with Gasteiger partial charge in [0.25, 0.3) is 5.91 Å². The van der Waals surface area contributed by atoms with Gasteiger partial charge in [0.05, 0.1) is 0 Å². The molecular formula is C11H12N4O2. The third-order valence-corrected chi connectivity index (χ3v) is 2.20. The predicted molar refractivity (Wildman–Crippen MR) is 62.5 cm³/mol. The molecule has 0 saturated carbocycles. The van der Waals surface area contributed by atoms with E-state index in [0.29, 0.717) is 17.2 Å². The lowest BCUT2D eigenvalue weighted by Gasteiger charge is -2.04. The lowest BCUT2D eigenvalue weighted by atomic mass is 10.2. The highest BCUT2D eigenvalue weighted by Crippen LogP contribution is 2.11. The number of nitrogens with one attached hydrogen (secondary N) is 1. The number of pyridine rings is 1. The number of hydrogen-bond acceptors (Lipinski definition) is 5. The van der Waals surface area contributed by atoms with E-state index in [1.54, 1.807) is 12.1 Å². The summed E-state index contributed by atoms with van der Waals surface area (Å²) in [5.74, 6) is 0.404. The fourth-order valence-corrected chi connectivity index (χ4v) is 1.39. The van der Waals surface area contributed by atoms with Crippen molar-refractivity contribution < 1.29 is 9.32 Å². The molecule has 2 aromatic heterocycles. The molecule has 0 aliphatic heterocycles. The monoisotopic (exact) mass is 232 g/mol. The molecule has 0 aromatic carbocycles. The normalized spacial score (nSPS) is 10.2. The Morgan fingerprint density at radius 1 is 1.53 bits per heavy atom. The SMILES string of the molecule is CCc1cc(C(=O)Nc2ccon2)cc(N)n1. The van der Waals surface area contributed by atoms with Crippen molar-refractivity contribution in [3.05, 3.63) is 35.7 Å². The van der Waals surface area contributed by atoms with Crippen LogP contribution in [0.2, 0.25) is 0 Å². The van der Waals surface area contributed by atoms with Gasteiger partial charge in [-0.3, -0.25) is 4.79 Å². The third kappa shape index (κ3) is 2.60. The molecule has 0 aliphatic rings. The van der Waals surface area contributed by atoms with E-state index in [0.717, 1.165) is 12.1 Å². The second kappa shape index (κ2) is 4.65. The molecule has 0 fully saturated rings. The third-order valence-electron chi connectivity index (χ3n) is 2.20. The first-order chi connectivity index (χ1) is 8.19. The van der Waals surface area contributed by atoms with Crippen LogP contribution >= 0.6 is 0 Å². The quantitative estimate of drug-likeness (QED) is 0.835. The zero-order chi connectivity index (χ0) is 12.3. The number of aromatic nitrogens is 2. The van der Waals surface area contributed by atoms with Crippen LogP contribution in [0.5, 0.6) is 0 Å². The van der Waals surface area contributed by atoms with Gasteiger partial charge in [-0.05, 0) is 18.6 Å². The number of amides is 1. The number of nitrogens with zero attached hydrogens (tertiary/aromatic N) is 2. The Morgan fingerprint density at radius 2 is 2.35 bits per heavy atom. The number of nitrogens with two attached hydrogens (primary N) is 1. The van der Waals surface area contributed by atoms with E-state index < -0.39 is 0 Å². The van der Waals surface area contributed by atoms with Crippen LogP contribution in [0.3, 0.4) is 0 Å². The first-order valence-corrected chi connectivity index (χ1v) is 5.17. The van der Waals surface area contributed by atoms with Gasteiger partial charge in [0, 0.05) is 17.3 Å². The smallest absolute Gasteiger partial charge is 0.257 e. The molecule has 2 heterocycles. The number of anilines is 2. The summed E-state index contributed by atoms with van der Waals surface area (Å²) >= 11 is 0. The van der Waals surface area contributed by atoms with E-state index in [9.17, 15) is 4.79 Å². The zero-order valence-corrected chi connectivity index (χ0v) is 9.30. The van der Waals surface area contributed by atoms with Crippen molar-refractivity contribution in [2.45, 2.75) is 13.3 Å². The van der Waals surface area contributed by atoms with Crippen molar-refractivity contribution in [3.8, 4) is 0 Å². The van der Waals surface area contributed by atoms with Crippen molar-refractivity contribution in [3.63, 3.8) is 0 Å². The Bertz CT molecular complexity index is 522. The van der Waals surface area contributed by atoms with Gasteiger partial charge in [0.15, 0.2) is 5.82 Å². The van der Waals surface area contributed by atoms with Crippen LogP contribution in [-0.4, -0.2) is 16.0 Å². The minimum absolute atomic E-state index is 0.289. The number of carbonyl (C=O) groups excluding carboxylic acids is 1. The van der Waals surface area contributed by atoms with Crippen LogP contribution in [0.4, 0.5) is 11.6 Å². The Labute approximate surface area is 97.8 Å². The summed E-state index contributed by atoms with van der Waals surface area (Å²) in [6, 6.07) is 4.78. The second-order valence-electron chi connectivity index (χ2n) is 3.46. The molecule has 2 aromatic rings. The molecule has 0 spiro atoms. The summed E-state index contributed by atoms with van der Waals surface area (Å²) in [6.07, 6.45) is 2.10. The van der Waals surface area contributed by atoms with Crippen molar-refractivity contribution in [1.29, 1.82) is 0 Å². The maximum Gasteiger partial charge on any atom is 0.257 e. The predicted octanol–water partition coefficient (Wildman–Crippen LogP) is 1.47. The van der Waals surface area contributed by atoms with Gasteiger partial charge in [0.2, 0.25) is 0 Å². The molecule has 0 saturated heterocycles. The largest absolute Gasteiger partial charge is 0.384 e. The molecule has 6 heteroatoms. The molecule has 0 aliphatic carbocycles. The minimum Gasteiger partial charge on any atom is -0.384 e. The van der Waals surface area contributed by atoms with Gasteiger partial charge < -0.3 is 15.6 Å². The number of nitrogen functional groups attached to an aromatic ring is 1. The Kier molecular flexibility index (Phi) is 3.04. The van der Waals surface area contributed by atoms with E-state index in [4.69, 9.17) is 5.73 Å². The summed E-state index contributed by atoms with van der Waals surface area (Å²) in [4.78, 5) is 16.0. The van der Waals surface area contributed by atoms with Gasteiger partial charge in [-0.15, -0.1) is 0 Å². The molecule has 17 heavy (non-hydrogen) atoms. The summed E-state index contributed by atoms with van der Waals surface area (Å²) in [5, 5.41) is 6.18. The first-order valence-electron chi connectivity index (χ1n) is 5.17. The van der Waals surface area contributed by atoms with E-state index in [1.165, 1.54) is 12.3 Å². The number of carbonyl (C=O) groups is 1. The summed E-state index contributed by atoms with van der Waals surface area (Å²) in [6.45, 7) is 1.95. The van der Waals surface area contributed by atoms with Crippen molar-refractivity contribution in [2.75, 3.05) is 11.1 Å². The van der Waals surface area contributed by atoms with Crippen LogP contribution in [0.25, 0.3) is 0 Å². The lowest BCUT2D eigenvalue weighted by molar-refractivity contribution is 0.102. The molecular weight excluding hydrogens is 220 g/mol. The maximum atomic E-state index is 11.9. The maximum absolute atomic E-state index is 11.9. The van der Waals surface area contributed by atoms with Crippen LogP contribution < -0.4 is 11.1 Å². The molecule has 1 amide bonds. The second-order valence-corrected chi connectivity index (χ2v) is 3.46. The van der Waals surface area contributed by atoms with Crippen LogP contribution in [0, 0.1) is 0 Å². The number of hydrogen-bond donors (Lipinski definition) is 2. The highest BCUT2D eigenvalue weighted by molar-refractivity contribution is 6.04. The summed E-state index contributed by atoms with van der Waals surface area (Å²) in [5.41, 5.74) is 6.85. The summed E-state index contributed by atoms with van der Waals surface area (Å²) < 4.78 is 4.62. The van der Waals surface area contributed by atoms with Gasteiger partial charge in [0.1, 0.15) is 12.1 Å². The van der Waals surface area contributed by atoms with Crippen LogP contribution in [0.15, 0.2) is 29.0 Å². The van der Waals surface area contributed by atoms with Crippen molar-refractivity contribution >= 4 is 17.5 Å². The highest BCUT2D eigenvalue weighted by atomic mass is 16.5. The number of rotatable bonds is 3. The molecule has 0 unspecified atom stereocenters. The summed E-state index contributed by atoms with van der Waals surface area (Å²) in [7, 11) is 0. The highest BCUT2D eigenvalue weighted by Gasteiger charge is 2.10. The fraction of sp³-hybridized carbons (Fsp3) is 0.182. The zero-order valence-electron chi connectivity index (χ0n) is 9.30. The molecule has 2 rings (SSSR count). The Morgan fingerprint density at radius 3 is 3.00 bits per heavy atom. The molecule has 0 atom stereocenters. The lowest BCUT2D eigenvalue weighted by Crippen LogP contribution is -2.13. The molecule has 0 radical (unpaired) electrons.